The third-order valence-electron chi connectivity index (χ3n) is 7.48. The molecule has 4 rings (SSSR count). The summed E-state index contributed by atoms with van der Waals surface area (Å²) in [5, 5.41) is 0. The summed E-state index contributed by atoms with van der Waals surface area (Å²) in [5.74, 6) is -1.07. The summed E-state index contributed by atoms with van der Waals surface area (Å²) >= 11 is 0. The second-order valence-corrected chi connectivity index (χ2v) is 11.4. The van der Waals surface area contributed by atoms with Gasteiger partial charge in [0.15, 0.2) is 11.5 Å². The quantitative estimate of drug-likeness (QED) is 0.0298. The lowest BCUT2D eigenvalue weighted by Gasteiger charge is -2.12. The summed E-state index contributed by atoms with van der Waals surface area (Å²) in [6.07, 6.45) is 3.58. The summed E-state index contributed by atoms with van der Waals surface area (Å²) in [7, 11) is 1.39. The van der Waals surface area contributed by atoms with Gasteiger partial charge in [-0.3, -0.25) is 0 Å². The normalized spacial score (nSPS) is 10.3. The monoisotopic (exact) mass is 752 g/mol. The van der Waals surface area contributed by atoms with Crippen molar-refractivity contribution in [3.8, 4) is 28.7 Å². The molecule has 0 saturated heterocycles. The molecule has 55 heavy (non-hydrogen) atoms. The highest BCUT2D eigenvalue weighted by atomic mass is 16.6. The van der Waals surface area contributed by atoms with Crippen molar-refractivity contribution in [2.24, 2.45) is 0 Å². The Morgan fingerprint density at radius 1 is 0.509 bits per heavy atom. The highest BCUT2D eigenvalue weighted by Crippen LogP contribution is 2.29. The van der Waals surface area contributed by atoms with Crippen molar-refractivity contribution in [2.45, 2.75) is 19.3 Å². The van der Waals surface area contributed by atoms with Crippen molar-refractivity contribution in [3.05, 3.63) is 139 Å². The molecule has 0 saturated carbocycles. The Hall–Kier alpha value is -6.89. The summed E-state index contributed by atoms with van der Waals surface area (Å²) < 4.78 is 42.7. The molecule has 4 aromatic carbocycles. The molecule has 13 heteroatoms. The molecule has 0 aliphatic rings. The van der Waals surface area contributed by atoms with Crippen molar-refractivity contribution >= 4 is 29.8 Å². The first-order chi connectivity index (χ1) is 26.7. The van der Waals surface area contributed by atoms with Crippen molar-refractivity contribution < 1.29 is 61.9 Å². The molecule has 0 fully saturated rings. The van der Waals surface area contributed by atoms with Gasteiger partial charge in [-0.2, -0.15) is 0 Å². The fraction of sp³-hybridized carbons (Fsp3) is 0.214. The summed E-state index contributed by atoms with van der Waals surface area (Å²) in [5.41, 5.74) is 1.65. The largest absolute Gasteiger partial charge is 0.493 e. The smallest absolute Gasteiger partial charge is 0.343 e. The van der Waals surface area contributed by atoms with E-state index >= 15 is 0 Å². The molecule has 0 aliphatic heterocycles. The van der Waals surface area contributed by atoms with Gasteiger partial charge in [-0.1, -0.05) is 25.3 Å². The number of esters is 5. The van der Waals surface area contributed by atoms with Crippen molar-refractivity contribution in [3.63, 3.8) is 0 Å². The zero-order chi connectivity index (χ0) is 39.4. The maximum atomic E-state index is 12.8. The fourth-order valence-corrected chi connectivity index (χ4v) is 4.61. The molecule has 0 atom stereocenters. The van der Waals surface area contributed by atoms with Crippen LogP contribution in [0.4, 0.5) is 0 Å². The molecule has 286 valence electrons. The van der Waals surface area contributed by atoms with Crippen LogP contribution in [0.15, 0.2) is 116 Å². The number of hydrogen-bond donors (Lipinski definition) is 0. The predicted octanol–water partition coefficient (Wildman–Crippen LogP) is 6.53. The molecule has 0 aromatic heterocycles. The Kier molecular flexibility index (Phi) is 16.0. The molecule has 0 heterocycles. The summed E-state index contributed by atoms with van der Waals surface area (Å²) in [6, 6.07) is 23.9. The zero-order valence-electron chi connectivity index (χ0n) is 30.2. The highest BCUT2D eigenvalue weighted by molar-refractivity contribution is 5.93. The van der Waals surface area contributed by atoms with Gasteiger partial charge < -0.3 is 37.9 Å². The van der Waals surface area contributed by atoms with E-state index in [9.17, 15) is 24.0 Å². The van der Waals surface area contributed by atoms with Crippen LogP contribution in [-0.2, 0) is 30.2 Å². The van der Waals surface area contributed by atoms with Gasteiger partial charge >= 0.3 is 29.8 Å². The average Bonchev–Trinajstić information content (AvgIpc) is 3.21. The maximum absolute atomic E-state index is 12.8. The Bertz CT molecular complexity index is 1930. The van der Waals surface area contributed by atoms with E-state index in [4.69, 9.17) is 37.9 Å². The third kappa shape index (κ3) is 13.6. The van der Waals surface area contributed by atoms with Crippen molar-refractivity contribution in [2.75, 3.05) is 40.1 Å². The van der Waals surface area contributed by atoms with E-state index in [-0.39, 0.29) is 42.4 Å². The molecular formula is C42H40O13. The van der Waals surface area contributed by atoms with Crippen LogP contribution in [0.1, 0.15) is 49.5 Å². The Balaban J connectivity index is 1.18. The van der Waals surface area contributed by atoms with Crippen molar-refractivity contribution in [1.82, 2.24) is 0 Å². The molecule has 0 spiro atoms. The minimum atomic E-state index is -0.642. The lowest BCUT2D eigenvalue weighted by atomic mass is 10.1. The Labute approximate surface area is 318 Å². The van der Waals surface area contributed by atoms with Crippen LogP contribution >= 0.6 is 0 Å². The molecule has 0 N–H and O–H groups in total. The number of carbonyl (C=O) groups excluding carboxylic acids is 5. The zero-order valence-corrected chi connectivity index (χ0v) is 30.2. The molecule has 0 aliphatic carbocycles. The van der Waals surface area contributed by atoms with E-state index in [1.54, 1.807) is 72.8 Å². The number of ether oxygens (including phenoxy) is 8. The first kappa shape index (κ1) is 40.9. The number of methoxy groups -OCH3 is 1. The third-order valence-corrected chi connectivity index (χ3v) is 7.48. The minimum Gasteiger partial charge on any atom is -0.493 e. The van der Waals surface area contributed by atoms with Crippen LogP contribution in [-0.4, -0.2) is 70.0 Å². The van der Waals surface area contributed by atoms with E-state index in [0.29, 0.717) is 55.3 Å². The van der Waals surface area contributed by atoms with Gasteiger partial charge in [0, 0.05) is 31.4 Å². The molecule has 13 nitrogen and oxygen atoms in total. The van der Waals surface area contributed by atoms with Crippen LogP contribution in [0.3, 0.4) is 0 Å². The molecule has 0 radical (unpaired) electrons. The van der Waals surface area contributed by atoms with E-state index in [2.05, 4.69) is 13.2 Å². The average molecular weight is 753 g/mol. The van der Waals surface area contributed by atoms with Gasteiger partial charge in [0.2, 0.25) is 0 Å². The van der Waals surface area contributed by atoms with Crippen LogP contribution in [0.5, 0.6) is 28.7 Å². The van der Waals surface area contributed by atoms with E-state index < -0.39 is 29.8 Å². The van der Waals surface area contributed by atoms with Gasteiger partial charge in [-0.25, -0.2) is 24.0 Å². The topological polar surface area (TPSA) is 159 Å². The van der Waals surface area contributed by atoms with E-state index in [0.717, 1.165) is 17.7 Å². The Morgan fingerprint density at radius 3 is 1.51 bits per heavy atom. The van der Waals surface area contributed by atoms with Gasteiger partial charge in [-0.05, 0) is 84.4 Å². The highest BCUT2D eigenvalue weighted by Gasteiger charge is 2.17. The second kappa shape index (κ2) is 21.6. The van der Waals surface area contributed by atoms with E-state index in [1.165, 1.54) is 25.3 Å². The summed E-state index contributed by atoms with van der Waals surface area (Å²) in [4.78, 5) is 60.3. The van der Waals surface area contributed by atoms with Crippen LogP contribution in [0, 0.1) is 0 Å². The number of hydrogen-bond acceptors (Lipinski definition) is 13. The van der Waals surface area contributed by atoms with Crippen LogP contribution < -0.4 is 23.7 Å². The van der Waals surface area contributed by atoms with Gasteiger partial charge in [0.05, 0.1) is 56.8 Å². The SMILES string of the molecule is C=CC(=O)OCCCOc1ccc(C(=O)Oc2ccc(CCOC(=O)c3ccc(OC(=O)c4ccc(OCCCOC(=O)C=C)cc4)c(OC)c3)cc2)cc1. The number of rotatable bonds is 21. The first-order valence-electron chi connectivity index (χ1n) is 17.1. The number of carbonyl (C=O) groups is 5. The standard InChI is InChI=1S/C42H40O13/c1-4-38(43)51-25-6-23-49-33-17-10-30(11-18-33)41(46)54-35-15-8-29(9-16-35)22-27-53-40(45)32-14-21-36(37(28-32)48-3)55-42(47)31-12-19-34(20-13-31)50-24-7-26-52-39(44)5-2/h4-5,8-21,28H,1-2,6-7,22-27H2,3H3. The van der Waals surface area contributed by atoms with Crippen molar-refractivity contribution in [1.29, 1.82) is 0 Å². The lowest BCUT2D eigenvalue weighted by Crippen LogP contribution is -2.11. The minimum absolute atomic E-state index is 0.0773. The van der Waals surface area contributed by atoms with Crippen LogP contribution in [0.2, 0.25) is 0 Å². The van der Waals surface area contributed by atoms with Gasteiger partial charge in [0.1, 0.15) is 17.2 Å². The molecular weight excluding hydrogens is 712 g/mol. The maximum Gasteiger partial charge on any atom is 0.343 e. The molecule has 0 unspecified atom stereocenters. The molecule has 0 bridgehead atoms. The lowest BCUT2D eigenvalue weighted by molar-refractivity contribution is -0.138. The second-order valence-electron chi connectivity index (χ2n) is 11.4. The first-order valence-corrected chi connectivity index (χ1v) is 17.1. The summed E-state index contributed by atoms with van der Waals surface area (Å²) in [6.45, 7) is 7.79. The van der Waals surface area contributed by atoms with E-state index in [1.807, 2.05) is 0 Å². The predicted molar refractivity (Wildman–Crippen MR) is 199 cm³/mol. The Morgan fingerprint density at radius 2 is 1.00 bits per heavy atom. The van der Waals surface area contributed by atoms with Gasteiger partial charge in [0.25, 0.3) is 0 Å². The molecule has 0 amide bonds. The fourth-order valence-electron chi connectivity index (χ4n) is 4.61. The number of benzene rings is 4. The van der Waals surface area contributed by atoms with Crippen LogP contribution in [0.25, 0.3) is 0 Å². The molecule has 4 aromatic rings. The van der Waals surface area contributed by atoms with Gasteiger partial charge in [-0.15, -0.1) is 0 Å².